The van der Waals surface area contributed by atoms with Gasteiger partial charge in [-0.3, -0.25) is 0 Å². The van der Waals surface area contributed by atoms with Crippen molar-refractivity contribution in [1.82, 2.24) is 0 Å². The summed E-state index contributed by atoms with van der Waals surface area (Å²) in [5.41, 5.74) is 5.83. The molecule has 0 aromatic carbocycles. The van der Waals surface area contributed by atoms with E-state index in [9.17, 15) is 25.5 Å². The molecule has 7 nitrogen and oxygen atoms in total. The Morgan fingerprint density at radius 3 is 1.77 bits per heavy atom. The monoisotopic (exact) mass is 447 g/mol. The van der Waals surface area contributed by atoms with Crippen LogP contribution < -0.4 is 5.73 Å². The van der Waals surface area contributed by atoms with Gasteiger partial charge in [0, 0.05) is 6.42 Å². The molecule has 31 heavy (non-hydrogen) atoms. The van der Waals surface area contributed by atoms with Crippen LogP contribution in [0.5, 0.6) is 0 Å². The van der Waals surface area contributed by atoms with Gasteiger partial charge in [0.05, 0.1) is 18.8 Å². The van der Waals surface area contributed by atoms with Gasteiger partial charge in [0.25, 0.3) is 0 Å². The van der Waals surface area contributed by atoms with Crippen LogP contribution in [0.15, 0.2) is 0 Å². The quantitative estimate of drug-likeness (QED) is 0.178. The Bertz CT molecular complexity index is 438. The van der Waals surface area contributed by atoms with E-state index in [-0.39, 0.29) is 12.8 Å². The lowest BCUT2D eigenvalue weighted by Gasteiger charge is -2.46. The van der Waals surface area contributed by atoms with Gasteiger partial charge in [-0.15, -0.1) is 0 Å². The number of unbranched alkanes of at least 4 members (excludes halogenated alkanes) is 12. The summed E-state index contributed by atoms with van der Waals surface area (Å²) in [6.07, 6.45) is 13.2. The van der Waals surface area contributed by atoms with Crippen molar-refractivity contribution >= 4 is 0 Å². The van der Waals surface area contributed by atoms with Gasteiger partial charge >= 0.3 is 0 Å². The minimum Gasteiger partial charge on any atom is -0.394 e. The van der Waals surface area contributed by atoms with E-state index >= 15 is 0 Å². The summed E-state index contributed by atoms with van der Waals surface area (Å²) in [5, 5.41) is 49.9. The summed E-state index contributed by atoms with van der Waals surface area (Å²) in [7, 11) is 0. The minimum absolute atomic E-state index is 0.0358. The smallest absolute Gasteiger partial charge is 0.184 e. The molecule has 0 bridgehead atoms. The largest absolute Gasteiger partial charge is 0.394 e. The van der Waals surface area contributed by atoms with Crippen molar-refractivity contribution < 1.29 is 30.3 Å². The Kier molecular flexibility index (Phi) is 15.2. The number of ether oxygens (including phenoxy) is 1. The Labute approximate surface area is 189 Å². The molecule has 0 aromatic heterocycles. The van der Waals surface area contributed by atoms with Gasteiger partial charge in [0.2, 0.25) is 0 Å². The first-order valence-corrected chi connectivity index (χ1v) is 12.7. The highest BCUT2D eigenvalue weighted by Gasteiger charge is 2.51. The highest BCUT2D eigenvalue weighted by atomic mass is 16.6. The van der Waals surface area contributed by atoms with Gasteiger partial charge in [-0.05, 0) is 12.8 Å². The Balaban J connectivity index is 2.05. The Morgan fingerprint density at radius 2 is 1.29 bits per heavy atom. The van der Waals surface area contributed by atoms with Crippen LogP contribution >= 0.6 is 0 Å². The van der Waals surface area contributed by atoms with Gasteiger partial charge < -0.3 is 36.0 Å². The number of hydrogen-bond donors (Lipinski definition) is 6. The molecule has 0 spiro atoms. The molecule has 1 aliphatic rings. The van der Waals surface area contributed by atoms with Crippen LogP contribution in [0.2, 0.25) is 0 Å². The normalized spacial score (nSPS) is 29.9. The number of nitrogens with two attached hydrogens (primary N) is 1. The molecule has 0 amide bonds. The van der Waals surface area contributed by atoms with Gasteiger partial charge in [-0.25, -0.2) is 0 Å². The fourth-order valence-corrected chi connectivity index (χ4v) is 4.40. The van der Waals surface area contributed by atoms with E-state index in [1.54, 1.807) is 0 Å². The first-order chi connectivity index (χ1) is 14.9. The highest BCUT2D eigenvalue weighted by molar-refractivity contribution is 4.98. The third kappa shape index (κ3) is 10.9. The van der Waals surface area contributed by atoms with E-state index in [0.29, 0.717) is 6.42 Å². The van der Waals surface area contributed by atoms with E-state index in [1.807, 2.05) is 0 Å². The van der Waals surface area contributed by atoms with Gasteiger partial charge in [-0.2, -0.15) is 0 Å². The molecule has 0 radical (unpaired) electrons. The summed E-state index contributed by atoms with van der Waals surface area (Å²) in [6.45, 7) is 1.72. The van der Waals surface area contributed by atoms with E-state index < -0.39 is 42.9 Å². The lowest BCUT2D eigenvalue weighted by atomic mass is 9.87. The van der Waals surface area contributed by atoms with Crippen molar-refractivity contribution in [3.8, 4) is 0 Å². The second kappa shape index (κ2) is 16.4. The van der Waals surface area contributed by atoms with Crippen LogP contribution in [0.1, 0.15) is 110 Å². The van der Waals surface area contributed by atoms with Crippen LogP contribution in [0, 0.1) is 0 Å². The molecule has 7 N–H and O–H groups in total. The maximum Gasteiger partial charge on any atom is 0.184 e. The molecule has 1 heterocycles. The fourth-order valence-electron chi connectivity index (χ4n) is 4.40. The van der Waals surface area contributed by atoms with Crippen molar-refractivity contribution in [3.63, 3.8) is 0 Å². The summed E-state index contributed by atoms with van der Waals surface area (Å²) in [6, 6.07) is -1.20. The molecule has 0 saturated carbocycles. The zero-order valence-corrected chi connectivity index (χ0v) is 19.6. The van der Waals surface area contributed by atoms with Crippen molar-refractivity contribution in [2.24, 2.45) is 5.73 Å². The van der Waals surface area contributed by atoms with Crippen LogP contribution in [0.25, 0.3) is 0 Å². The molecule has 1 fully saturated rings. The number of aliphatic hydroxyl groups excluding tert-OH is 4. The van der Waals surface area contributed by atoms with Crippen molar-refractivity contribution in [1.29, 1.82) is 0 Å². The number of hydrogen-bond acceptors (Lipinski definition) is 7. The van der Waals surface area contributed by atoms with E-state index in [2.05, 4.69) is 6.92 Å². The van der Waals surface area contributed by atoms with Gasteiger partial charge in [-0.1, -0.05) is 90.4 Å². The second-order valence-corrected chi connectivity index (χ2v) is 9.41. The van der Waals surface area contributed by atoms with Crippen molar-refractivity contribution in [3.05, 3.63) is 0 Å². The first kappa shape index (κ1) is 28.8. The first-order valence-electron chi connectivity index (χ1n) is 12.7. The van der Waals surface area contributed by atoms with Crippen molar-refractivity contribution in [2.75, 3.05) is 6.61 Å². The average molecular weight is 448 g/mol. The molecule has 2 unspecified atom stereocenters. The maximum atomic E-state index is 10.6. The molecule has 1 rings (SSSR count). The van der Waals surface area contributed by atoms with Crippen LogP contribution in [-0.4, -0.2) is 68.4 Å². The average Bonchev–Trinajstić information content (AvgIpc) is 2.76. The molecular formula is C24H49NO6. The van der Waals surface area contributed by atoms with E-state index in [0.717, 1.165) is 12.8 Å². The Hall–Kier alpha value is -0.280. The lowest BCUT2D eigenvalue weighted by Crippen LogP contribution is -2.68. The zero-order chi connectivity index (χ0) is 23.1. The minimum atomic E-state index is -1.87. The molecular weight excluding hydrogens is 398 g/mol. The van der Waals surface area contributed by atoms with Gasteiger partial charge in [0.1, 0.15) is 18.3 Å². The molecule has 0 aromatic rings. The van der Waals surface area contributed by atoms with Crippen molar-refractivity contribution in [2.45, 2.75) is 146 Å². The summed E-state index contributed by atoms with van der Waals surface area (Å²) >= 11 is 0. The lowest BCUT2D eigenvalue weighted by molar-refractivity contribution is -0.317. The number of rotatable bonds is 18. The van der Waals surface area contributed by atoms with Crippen LogP contribution in [0.4, 0.5) is 0 Å². The summed E-state index contributed by atoms with van der Waals surface area (Å²) in [5.74, 6) is -1.87. The van der Waals surface area contributed by atoms with Crippen LogP contribution in [0.3, 0.4) is 0 Å². The van der Waals surface area contributed by atoms with E-state index in [1.165, 1.54) is 70.6 Å². The topological polar surface area (TPSA) is 136 Å². The summed E-state index contributed by atoms with van der Waals surface area (Å²) < 4.78 is 5.35. The predicted molar refractivity (Wildman–Crippen MR) is 122 cm³/mol. The second-order valence-electron chi connectivity index (χ2n) is 9.41. The maximum absolute atomic E-state index is 10.6. The van der Waals surface area contributed by atoms with E-state index in [4.69, 9.17) is 10.5 Å². The SMILES string of the molecule is CCCCCCCCCCCCCCCC(O)CCC1(O)O[C@H](CO)[C@@H](O)[C@H](O)[C@H]1N. The zero-order valence-electron chi connectivity index (χ0n) is 19.6. The molecule has 0 aliphatic carbocycles. The van der Waals surface area contributed by atoms with Gasteiger partial charge in [0.15, 0.2) is 5.79 Å². The molecule has 186 valence electrons. The van der Waals surface area contributed by atoms with Crippen LogP contribution in [-0.2, 0) is 4.74 Å². The fraction of sp³-hybridized carbons (Fsp3) is 1.00. The highest BCUT2D eigenvalue weighted by Crippen LogP contribution is 2.31. The third-order valence-corrected chi connectivity index (χ3v) is 6.63. The molecule has 1 saturated heterocycles. The summed E-state index contributed by atoms with van der Waals surface area (Å²) in [4.78, 5) is 0. The molecule has 1 aliphatic heterocycles. The standard InChI is InChI=1S/C24H49NO6/c1-2-3-4-5-6-7-8-9-10-11-12-13-14-15-19(27)16-17-24(30)23(25)22(29)21(28)20(18-26)31-24/h19-23,26-30H,2-18,25H2,1H3/t19?,20-,21-,22+,23-,24?/m1/s1. The Morgan fingerprint density at radius 1 is 0.806 bits per heavy atom. The molecule has 6 atom stereocenters. The molecule has 7 heteroatoms. The number of aliphatic hydroxyl groups is 5. The predicted octanol–water partition coefficient (Wildman–Crippen LogP) is 2.74. The third-order valence-electron chi connectivity index (χ3n) is 6.63.